The zero-order chi connectivity index (χ0) is 12.6. The van der Waals surface area contributed by atoms with Crippen LogP contribution in [0.25, 0.3) is 0 Å². The molecule has 1 aromatic rings. The summed E-state index contributed by atoms with van der Waals surface area (Å²) in [6, 6.07) is -0.511. The third kappa shape index (κ3) is 2.02. The number of aliphatic hydroxyl groups is 3. The number of hydrogen-bond donors (Lipinski definition) is 4. The zero-order valence-corrected chi connectivity index (χ0v) is 8.97. The molecule has 94 valence electrons. The molecule has 0 saturated heterocycles. The van der Waals surface area contributed by atoms with Crippen molar-refractivity contribution in [2.24, 2.45) is 11.7 Å². The van der Waals surface area contributed by atoms with Gasteiger partial charge in [-0.15, -0.1) is 5.10 Å². The van der Waals surface area contributed by atoms with E-state index in [1.54, 1.807) is 0 Å². The summed E-state index contributed by atoms with van der Waals surface area (Å²) < 4.78 is 1.30. The topological polar surface area (TPSA) is 134 Å². The first-order valence-electron chi connectivity index (χ1n) is 5.22. The molecule has 5 N–H and O–H groups in total. The lowest BCUT2D eigenvalue weighted by Gasteiger charge is -2.16. The second kappa shape index (κ2) is 4.40. The lowest BCUT2D eigenvalue weighted by Crippen LogP contribution is -2.30. The third-order valence-electron chi connectivity index (χ3n) is 3.07. The minimum atomic E-state index is -1.05. The highest BCUT2D eigenvalue weighted by molar-refractivity contribution is 5.88. The first-order chi connectivity index (χ1) is 8.04. The van der Waals surface area contributed by atoms with Gasteiger partial charge in [0.05, 0.1) is 12.1 Å². The Balaban J connectivity index is 2.19. The van der Waals surface area contributed by atoms with Crippen molar-refractivity contribution in [3.63, 3.8) is 0 Å². The Labute approximate surface area is 96.7 Å². The fourth-order valence-corrected chi connectivity index (χ4v) is 2.09. The molecule has 1 aliphatic rings. The molecule has 8 nitrogen and oxygen atoms in total. The van der Waals surface area contributed by atoms with Gasteiger partial charge in [0.2, 0.25) is 5.82 Å². The Morgan fingerprint density at radius 2 is 2.24 bits per heavy atom. The van der Waals surface area contributed by atoms with Gasteiger partial charge in [0.1, 0.15) is 12.4 Å². The van der Waals surface area contributed by atoms with E-state index in [1.807, 2.05) is 0 Å². The van der Waals surface area contributed by atoms with Crippen LogP contribution in [-0.2, 0) is 0 Å². The van der Waals surface area contributed by atoms with Crippen LogP contribution < -0.4 is 5.73 Å². The molecule has 1 amide bonds. The molecule has 0 bridgehead atoms. The average Bonchev–Trinajstić information content (AvgIpc) is 2.87. The average molecular weight is 242 g/mol. The van der Waals surface area contributed by atoms with Crippen LogP contribution in [0.5, 0.6) is 0 Å². The van der Waals surface area contributed by atoms with Crippen LogP contribution in [-0.4, -0.2) is 54.8 Å². The summed E-state index contributed by atoms with van der Waals surface area (Å²) in [5.74, 6) is -1.30. The van der Waals surface area contributed by atoms with Crippen molar-refractivity contribution < 1.29 is 20.1 Å². The Morgan fingerprint density at radius 1 is 1.53 bits per heavy atom. The van der Waals surface area contributed by atoms with E-state index in [-0.39, 0.29) is 12.4 Å². The van der Waals surface area contributed by atoms with Crippen LogP contribution in [0, 0.1) is 5.92 Å². The minimum absolute atomic E-state index is 0.140. The number of hydrogen-bond acceptors (Lipinski definition) is 6. The van der Waals surface area contributed by atoms with Gasteiger partial charge >= 0.3 is 0 Å². The van der Waals surface area contributed by atoms with Crippen LogP contribution in [0.1, 0.15) is 23.1 Å². The molecule has 0 unspecified atom stereocenters. The monoisotopic (exact) mass is 242 g/mol. The number of carbonyl (C=O) groups is 1. The van der Waals surface area contributed by atoms with Gasteiger partial charge in [-0.2, -0.15) is 0 Å². The Hall–Kier alpha value is -1.51. The van der Waals surface area contributed by atoms with Gasteiger partial charge in [-0.25, -0.2) is 9.67 Å². The van der Waals surface area contributed by atoms with E-state index >= 15 is 0 Å². The maximum Gasteiger partial charge on any atom is 0.288 e. The fourth-order valence-electron chi connectivity index (χ4n) is 2.09. The zero-order valence-electron chi connectivity index (χ0n) is 8.97. The van der Waals surface area contributed by atoms with E-state index in [9.17, 15) is 15.0 Å². The molecule has 1 heterocycles. The van der Waals surface area contributed by atoms with E-state index in [2.05, 4.69) is 10.1 Å². The first-order valence-corrected chi connectivity index (χ1v) is 5.22. The van der Waals surface area contributed by atoms with Gasteiger partial charge in [-0.05, 0) is 6.42 Å². The fraction of sp³-hybridized carbons (Fsp3) is 0.667. The Morgan fingerprint density at radius 3 is 2.71 bits per heavy atom. The molecule has 1 aliphatic carbocycles. The lowest BCUT2D eigenvalue weighted by atomic mass is 10.1. The molecule has 1 saturated carbocycles. The smallest absolute Gasteiger partial charge is 0.288 e. The number of aliphatic hydroxyl groups excluding tert-OH is 3. The van der Waals surface area contributed by atoms with Gasteiger partial charge in [0, 0.05) is 12.5 Å². The van der Waals surface area contributed by atoms with Crippen LogP contribution >= 0.6 is 0 Å². The van der Waals surface area contributed by atoms with E-state index in [0.29, 0.717) is 6.42 Å². The molecule has 8 heteroatoms. The van der Waals surface area contributed by atoms with Crippen molar-refractivity contribution in [1.29, 1.82) is 0 Å². The quantitative estimate of drug-likeness (QED) is 0.469. The highest BCUT2D eigenvalue weighted by Gasteiger charge is 2.42. The highest BCUT2D eigenvalue weighted by atomic mass is 16.3. The molecule has 0 aromatic carbocycles. The van der Waals surface area contributed by atoms with E-state index in [0.717, 1.165) is 0 Å². The Bertz CT molecular complexity index is 421. The molecular weight excluding hydrogens is 228 g/mol. The van der Waals surface area contributed by atoms with E-state index in [4.69, 9.17) is 10.8 Å². The molecule has 0 radical (unpaired) electrons. The Kier molecular flexibility index (Phi) is 3.09. The molecule has 1 fully saturated rings. The summed E-state index contributed by atoms with van der Waals surface area (Å²) >= 11 is 0. The normalized spacial score (nSPS) is 32.9. The van der Waals surface area contributed by atoms with Crippen LogP contribution in [0.15, 0.2) is 6.33 Å². The van der Waals surface area contributed by atoms with Gasteiger partial charge in [-0.3, -0.25) is 4.79 Å². The summed E-state index contributed by atoms with van der Waals surface area (Å²) in [6.45, 7) is -0.216. The highest BCUT2D eigenvalue weighted by Crippen LogP contribution is 2.34. The van der Waals surface area contributed by atoms with Crippen molar-refractivity contribution in [3.05, 3.63) is 12.2 Å². The summed E-state index contributed by atoms with van der Waals surface area (Å²) in [6.07, 6.45) is -0.415. The predicted molar refractivity (Wildman–Crippen MR) is 54.8 cm³/mol. The SMILES string of the molecule is NC(=O)c1ncn([C@@H]2C[C@H](CO)[C@@H](O)[C@H]2O)n1. The van der Waals surface area contributed by atoms with Gasteiger partial charge in [0.15, 0.2) is 0 Å². The number of carbonyl (C=O) groups excluding carboxylic acids is 1. The number of amides is 1. The van der Waals surface area contributed by atoms with Crippen molar-refractivity contribution >= 4 is 5.91 Å². The van der Waals surface area contributed by atoms with Crippen LogP contribution in [0.3, 0.4) is 0 Å². The van der Waals surface area contributed by atoms with E-state index < -0.39 is 30.1 Å². The third-order valence-corrected chi connectivity index (χ3v) is 3.07. The van der Waals surface area contributed by atoms with Gasteiger partial charge < -0.3 is 21.1 Å². The van der Waals surface area contributed by atoms with Crippen molar-refractivity contribution in [2.45, 2.75) is 24.7 Å². The molecular formula is C9H14N4O4. The second-order valence-corrected chi connectivity index (χ2v) is 4.14. The maximum absolute atomic E-state index is 10.8. The number of rotatable bonds is 3. The summed E-state index contributed by atoms with van der Waals surface area (Å²) in [4.78, 5) is 14.5. The molecule has 4 atom stereocenters. The van der Waals surface area contributed by atoms with Gasteiger partial charge in [-0.1, -0.05) is 0 Å². The standard InChI is InChI=1S/C9H14N4O4/c10-8(17)9-11-3-13(12-9)5-1-4(2-14)6(15)7(5)16/h3-7,14-16H,1-2H2,(H2,10,17)/t4-,5-,6-,7+/m1/s1. The summed E-state index contributed by atoms with van der Waals surface area (Å²) in [7, 11) is 0. The van der Waals surface area contributed by atoms with Crippen molar-refractivity contribution in [1.82, 2.24) is 14.8 Å². The van der Waals surface area contributed by atoms with Crippen LogP contribution in [0.2, 0.25) is 0 Å². The van der Waals surface area contributed by atoms with Crippen molar-refractivity contribution in [3.8, 4) is 0 Å². The van der Waals surface area contributed by atoms with E-state index in [1.165, 1.54) is 11.0 Å². The number of nitrogens with zero attached hydrogens (tertiary/aromatic N) is 3. The molecule has 0 aliphatic heterocycles. The molecule has 17 heavy (non-hydrogen) atoms. The van der Waals surface area contributed by atoms with Crippen molar-refractivity contribution in [2.75, 3.05) is 6.61 Å². The number of primary amides is 1. The molecule has 0 spiro atoms. The van der Waals surface area contributed by atoms with Crippen LogP contribution in [0.4, 0.5) is 0 Å². The maximum atomic E-state index is 10.8. The minimum Gasteiger partial charge on any atom is -0.396 e. The lowest BCUT2D eigenvalue weighted by molar-refractivity contribution is -0.00541. The second-order valence-electron chi connectivity index (χ2n) is 4.14. The molecule has 1 aromatic heterocycles. The molecule has 2 rings (SSSR count). The summed E-state index contributed by atoms with van der Waals surface area (Å²) in [5.41, 5.74) is 5.01. The summed E-state index contributed by atoms with van der Waals surface area (Å²) in [5, 5.41) is 32.3. The number of aromatic nitrogens is 3. The number of nitrogens with two attached hydrogens (primary N) is 1. The predicted octanol–water partition coefficient (Wildman–Crippen LogP) is -2.35. The largest absolute Gasteiger partial charge is 0.396 e. The first kappa shape index (κ1) is 12.0. The van der Waals surface area contributed by atoms with Gasteiger partial charge in [0.25, 0.3) is 5.91 Å².